The molecule has 0 heterocycles. The summed E-state index contributed by atoms with van der Waals surface area (Å²) in [5.41, 5.74) is 8.35. The highest BCUT2D eigenvalue weighted by atomic mass is 16.5. The van der Waals surface area contributed by atoms with Crippen LogP contribution < -0.4 is 0 Å². The van der Waals surface area contributed by atoms with Gasteiger partial charge in [-0.15, -0.1) is 6.58 Å². The minimum absolute atomic E-state index is 0.0537. The van der Waals surface area contributed by atoms with Gasteiger partial charge in [-0.25, -0.2) is 4.79 Å². The summed E-state index contributed by atoms with van der Waals surface area (Å²) < 4.78 is 9.42. The molecule has 0 saturated carbocycles. The summed E-state index contributed by atoms with van der Waals surface area (Å²) in [6.45, 7) is 3.45. The normalized spacial score (nSPS) is 12.9. The molecule has 0 saturated heterocycles. The van der Waals surface area contributed by atoms with Crippen LogP contribution in [0.5, 0.6) is 0 Å². The Labute approximate surface area is 104 Å². The number of methoxy groups -OCH3 is 1. The largest absolute Gasteiger partial charge is 0.479 e. The Balaban J connectivity index is 4.59. The maximum Gasteiger partial charge on any atom is 0.332 e. The average Bonchev–Trinajstić information content (AvgIpc) is 2.33. The van der Waals surface area contributed by atoms with Crippen molar-refractivity contribution in [2.24, 2.45) is 5.11 Å². The third-order valence-corrected chi connectivity index (χ3v) is 2.02. The van der Waals surface area contributed by atoms with E-state index in [4.69, 9.17) is 15.4 Å². The summed E-state index contributed by atoms with van der Waals surface area (Å²) in [6, 6.07) is -0.826. The first kappa shape index (κ1) is 16.0. The molecule has 0 radical (unpaired) electrons. The van der Waals surface area contributed by atoms with Crippen LogP contribution >= 0.6 is 0 Å². The van der Waals surface area contributed by atoms with Crippen molar-refractivity contribution in [2.75, 3.05) is 13.7 Å². The van der Waals surface area contributed by atoms with Crippen LogP contribution in [0.2, 0.25) is 0 Å². The fourth-order valence-electron chi connectivity index (χ4n) is 1.19. The molecule has 0 amide bonds. The van der Waals surface area contributed by atoms with Crippen molar-refractivity contribution in [3.63, 3.8) is 0 Å². The topological polar surface area (TPSA) is 122 Å². The molecule has 0 bridgehead atoms. The Kier molecular flexibility index (Phi) is 8.00. The van der Waals surface area contributed by atoms with Crippen LogP contribution in [0.3, 0.4) is 0 Å². The number of nitrogens with zero attached hydrogens (tertiary/aromatic N) is 3. The van der Waals surface area contributed by atoms with Gasteiger partial charge in [0, 0.05) is 4.91 Å². The van der Waals surface area contributed by atoms with Crippen LogP contribution in [-0.4, -0.2) is 42.9 Å². The molecule has 1 N–H and O–H groups in total. The third-order valence-electron chi connectivity index (χ3n) is 2.02. The molecule has 18 heavy (non-hydrogen) atoms. The van der Waals surface area contributed by atoms with E-state index in [1.165, 1.54) is 13.2 Å². The molecule has 0 aromatic carbocycles. The van der Waals surface area contributed by atoms with Gasteiger partial charge in [-0.3, -0.25) is 4.79 Å². The quantitative estimate of drug-likeness (QED) is 0.219. The standard InChI is InChI=1S/C10H15N3O5/c1-3-4-18-8(10(15)16)5-7(12-13-11)6-9(14)17-2/h3,7-8H,1,4-6H2,2H3,(H,15,16)/t7-,8+/m1/s1. The average molecular weight is 257 g/mol. The highest BCUT2D eigenvalue weighted by Crippen LogP contribution is 2.12. The van der Waals surface area contributed by atoms with Gasteiger partial charge in [-0.2, -0.15) is 0 Å². The number of ether oxygens (including phenoxy) is 2. The number of carbonyl (C=O) groups excluding carboxylic acids is 1. The highest BCUT2D eigenvalue weighted by molar-refractivity contribution is 5.73. The number of esters is 1. The van der Waals surface area contributed by atoms with Crippen LogP contribution in [0.1, 0.15) is 12.8 Å². The molecular formula is C10H15N3O5. The third kappa shape index (κ3) is 6.51. The van der Waals surface area contributed by atoms with Crippen LogP contribution in [0.15, 0.2) is 17.8 Å². The van der Waals surface area contributed by atoms with Crippen molar-refractivity contribution < 1.29 is 24.2 Å². The van der Waals surface area contributed by atoms with Gasteiger partial charge < -0.3 is 14.6 Å². The van der Waals surface area contributed by atoms with E-state index in [2.05, 4.69) is 21.3 Å². The maximum absolute atomic E-state index is 11.1. The van der Waals surface area contributed by atoms with E-state index in [1.54, 1.807) is 0 Å². The number of aliphatic carboxylic acids is 1. The molecule has 0 aliphatic heterocycles. The Morgan fingerprint density at radius 3 is 2.72 bits per heavy atom. The van der Waals surface area contributed by atoms with Crippen molar-refractivity contribution in [2.45, 2.75) is 25.0 Å². The number of rotatable bonds is 9. The van der Waals surface area contributed by atoms with E-state index in [0.29, 0.717) is 0 Å². The summed E-state index contributed by atoms with van der Waals surface area (Å²) in [6.07, 6.45) is -0.0636. The molecule has 0 aromatic rings. The lowest BCUT2D eigenvalue weighted by Gasteiger charge is -2.16. The predicted octanol–water partition coefficient (Wildman–Crippen LogP) is 1.27. The van der Waals surface area contributed by atoms with E-state index >= 15 is 0 Å². The van der Waals surface area contributed by atoms with Gasteiger partial charge in [0.25, 0.3) is 0 Å². The van der Waals surface area contributed by atoms with Gasteiger partial charge in [-0.1, -0.05) is 11.2 Å². The van der Waals surface area contributed by atoms with Crippen molar-refractivity contribution in [1.29, 1.82) is 0 Å². The molecule has 0 unspecified atom stereocenters. The lowest BCUT2D eigenvalue weighted by Crippen LogP contribution is -2.29. The lowest BCUT2D eigenvalue weighted by molar-refractivity contribution is -0.151. The van der Waals surface area contributed by atoms with Crippen LogP contribution in [0.4, 0.5) is 0 Å². The second-order valence-corrected chi connectivity index (χ2v) is 3.32. The molecule has 2 atom stereocenters. The Hall–Kier alpha value is -2.05. The number of hydrogen-bond donors (Lipinski definition) is 1. The molecular weight excluding hydrogens is 242 g/mol. The van der Waals surface area contributed by atoms with Crippen molar-refractivity contribution in [1.82, 2.24) is 0 Å². The molecule has 8 heteroatoms. The van der Waals surface area contributed by atoms with E-state index in [0.717, 1.165) is 0 Å². The van der Waals surface area contributed by atoms with Crippen LogP contribution in [0.25, 0.3) is 10.4 Å². The monoisotopic (exact) mass is 257 g/mol. The van der Waals surface area contributed by atoms with Gasteiger partial charge in [0.1, 0.15) is 0 Å². The second kappa shape index (κ2) is 9.03. The number of carboxylic acid groups (broad SMARTS) is 1. The summed E-state index contributed by atoms with van der Waals surface area (Å²) in [7, 11) is 1.19. The van der Waals surface area contributed by atoms with Crippen molar-refractivity contribution >= 4 is 11.9 Å². The zero-order chi connectivity index (χ0) is 14.0. The molecule has 0 spiro atoms. The number of hydrogen-bond acceptors (Lipinski definition) is 5. The van der Waals surface area contributed by atoms with E-state index < -0.39 is 24.1 Å². The fourth-order valence-corrected chi connectivity index (χ4v) is 1.19. The minimum atomic E-state index is -1.19. The van der Waals surface area contributed by atoms with Gasteiger partial charge in [-0.05, 0) is 12.0 Å². The van der Waals surface area contributed by atoms with Crippen LogP contribution in [-0.2, 0) is 19.1 Å². The first-order valence-electron chi connectivity index (χ1n) is 5.11. The Morgan fingerprint density at radius 1 is 1.61 bits per heavy atom. The molecule has 100 valence electrons. The smallest absolute Gasteiger partial charge is 0.332 e. The maximum atomic E-state index is 11.1. The second-order valence-electron chi connectivity index (χ2n) is 3.32. The molecule has 0 rings (SSSR count). The van der Waals surface area contributed by atoms with Crippen molar-refractivity contribution in [3.05, 3.63) is 23.1 Å². The fraction of sp³-hybridized carbons (Fsp3) is 0.600. The van der Waals surface area contributed by atoms with Gasteiger partial charge >= 0.3 is 11.9 Å². The number of carboxylic acids is 1. The van der Waals surface area contributed by atoms with Gasteiger partial charge in [0.05, 0.1) is 26.2 Å². The van der Waals surface area contributed by atoms with Crippen LogP contribution in [0, 0.1) is 0 Å². The van der Waals surface area contributed by atoms with Gasteiger partial charge in [0.2, 0.25) is 0 Å². The SMILES string of the molecule is C=CCO[C@@H](C[C@H](CC(=O)OC)N=[N+]=[N-])C(=O)O. The summed E-state index contributed by atoms with van der Waals surface area (Å²) in [5.74, 6) is -1.78. The zero-order valence-corrected chi connectivity index (χ0v) is 9.98. The lowest BCUT2D eigenvalue weighted by atomic mass is 10.1. The minimum Gasteiger partial charge on any atom is -0.479 e. The summed E-state index contributed by atoms with van der Waals surface area (Å²) in [4.78, 5) is 24.5. The van der Waals surface area contributed by atoms with E-state index in [1.807, 2.05) is 0 Å². The predicted molar refractivity (Wildman–Crippen MR) is 61.8 cm³/mol. The summed E-state index contributed by atoms with van der Waals surface area (Å²) >= 11 is 0. The molecule has 0 aliphatic rings. The molecule has 0 aromatic heterocycles. The highest BCUT2D eigenvalue weighted by Gasteiger charge is 2.24. The van der Waals surface area contributed by atoms with Gasteiger partial charge in [0.15, 0.2) is 6.10 Å². The molecule has 8 nitrogen and oxygen atoms in total. The molecule has 0 fully saturated rings. The Morgan fingerprint density at radius 2 is 2.28 bits per heavy atom. The molecule has 0 aliphatic carbocycles. The number of carbonyl (C=O) groups is 2. The zero-order valence-electron chi connectivity index (χ0n) is 9.98. The van der Waals surface area contributed by atoms with E-state index in [9.17, 15) is 9.59 Å². The number of azide groups is 1. The van der Waals surface area contributed by atoms with Crippen molar-refractivity contribution in [3.8, 4) is 0 Å². The first-order valence-corrected chi connectivity index (χ1v) is 5.11. The van der Waals surface area contributed by atoms with E-state index in [-0.39, 0.29) is 19.4 Å². The summed E-state index contributed by atoms with van der Waals surface area (Å²) in [5, 5.41) is 12.3. The Bertz CT molecular complexity index is 351. The first-order chi connectivity index (χ1) is 8.54.